The highest BCUT2D eigenvalue weighted by atomic mass is 16.5. The summed E-state index contributed by atoms with van der Waals surface area (Å²) in [6, 6.07) is 2.60. The summed E-state index contributed by atoms with van der Waals surface area (Å²) in [7, 11) is 0. The van der Waals surface area contributed by atoms with Gasteiger partial charge in [-0.05, 0) is 36.0 Å². The molecule has 0 bridgehead atoms. The SMILES string of the molecule is C=COc1cncc(C2=C[C@H]3NC[C@H]3CC2)c1. The van der Waals surface area contributed by atoms with Gasteiger partial charge in [-0.15, -0.1) is 0 Å². The van der Waals surface area contributed by atoms with Crippen LogP contribution < -0.4 is 10.1 Å². The van der Waals surface area contributed by atoms with Crippen LogP contribution in [-0.2, 0) is 0 Å². The van der Waals surface area contributed by atoms with Gasteiger partial charge in [-0.3, -0.25) is 4.98 Å². The first-order valence-corrected chi connectivity index (χ1v) is 6.04. The molecule has 88 valence electrons. The Hall–Kier alpha value is -1.61. The molecule has 0 spiro atoms. The van der Waals surface area contributed by atoms with Crippen LogP contribution in [-0.4, -0.2) is 17.6 Å². The third kappa shape index (κ3) is 1.98. The Morgan fingerprint density at radius 1 is 1.47 bits per heavy atom. The first-order valence-electron chi connectivity index (χ1n) is 6.04. The summed E-state index contributed by atoms with van der Waals surface area (Å²) in [5.41, 5.74) is 2.54. The maximum atomic E-state index is 5.26. The molecule has 1 saturated heterocycles. The Kier molecular flexibility index (Phi) is 2.69. The average molecular weight is 228 g/mol. The molecule has 3 rings (SSSR count). The van der Waals surface area contributed by atoms with E-state index >= 15 is 0 Å². The molecule has 2 atom stereocenters. The van der Waals surface area contributed by atoms with E-state index in [0.29, 0.717) is 6.04 Å². The van der Waals surface area contributed by atoms with Gasteiger partial charge in [-0.2, -0.15) is 0 Å². The van der Waals surface area contributed by atoms with Gasteiger partial charge < -0.3 is 10.1 Å². The summed E-state index contributed by atoms with van der Waals surface area (Å²) in [5, 5.41) is 3.44. The molecule has 0 aromatic carbocycles. The van der Waals surface area contributed by atoms with E-state index in [2.05, 4.69) is 23.0 Å². The molecule has 1 aliphatic carbocycles. The van der Waals surface area contributed by atoms with Crippen LogP contribution in [0.4, 0.5) is 0 Å². The predicted molar refractivity (Wildman–Crippen MR) is 67.6 cm³/mol. The fourth-order valence-corrected chi connectivity index (χ4v) is 2.53. The molecule has 0 unspecified atom stereocenters. The van der Waals surface area contributed by atoms with Gasteiger partial charge in [-0.1, -0.05) is 12.7 Å². The van der Waals surface area contributed by atoms with Crippen molar-refractivity contribution in [3.63, 3.8) is 0 Å². The number of hydrogen-bond acceptors (Lipinski definition) is 3. The highest BCUT2D eigenvalue weighted by molar-refractivity contribution is 5.67. The van der Waals surface area contributed by atoms with E-state index in [4.69, 9.17) is 4.74 Å². The second-order valence-electron chi connectivity index (χ2n) is 4.62. The van der Waals surface area contributed by atoms with E-state index < -0.39 is 0 Å². The van der Waals surface area contributed by atoms with Gasteiger partial charge in [0.05, 0.1) is 12.5 Å². The largest absolute Gasteiger partial charge is 0.464 e. The van der Waals surface area contributed by atoms with Gasteiger partial charge in [0.25, 0.3) is 0 Å². The molecular formula is C14H16N2O. The molecule has 3 nitrogen and oxygen atoms in total. The number of nitrogens with one attached hydrogen (secondary N) is 1. The second-order valence-corrected chi connectivity index (χ2v) is 4.62. The average Bonchev–Trinajstić information content (AvgIpc) is 2.32. The van der Waals surface area contributed by atoms with E-state index in [1.54, 1.807) is 6.20 Å². The summed E-state index contributed by atoms with van der Waals surface area (Å²) < 4.78 is 5.26. The Morgan fingerprint density at radius 2 is 2.41 bits per heavy atom. The van der Waals surface area contributed by atoms with Gasteiger partial charge in [0, 0.05) is 18.8 Å². The quantitative estimate of drug-likeness (QED) is 0.806. The normalized spacial score (nSPS) is 26.5. The van der Waals surface area contributed by atoms with Crippen LogP contribution in [0.25, 0.3) is 5.57 Å². The number of pyridine rings is 1. The zero-order chi connectivity index (χ0) is 11.7. The maximum absolute atomic E-state index is 5.26. The van der Waals surface area contributed by atoms with Crippen molar-refractivity contribution in [1.29, 1.82) is 0 Å². The van der Waals surface area contributed by atoms with Crippen molar-refractivity contribution in [3.8, 4) is 5.75 Å². The van der Waals surface area contributed by atoms with Crippen molar-refractivity contribution < 1.29 is 4.74 Å². The molecule has 17 heavy (non-hydrogen) atoms. The lowest BCUT2D eigenvalue weighted by molar-refractivity contribution is 0.256. The molecular weight excluding hydrogens is 212 g/mol. The van der Waals surface area contributed by atoms with Crippen molar-refractivity contribution in [2.45, 2.75) is 18.9 Å². The molecule has 2 aliphatic rings. The van der Waals surface area contributed by atoms with Crippen LogP contribution in [0.1, 0.15) is 18.4 Å². The maximum Gasteiger partial charge on any atom is 0.145 e. The topological polar surface area (TPSA) is 34.1 Å². The van der Waals surface area contributed by atoms with Crippen LogP contribution in [0.3, 0.4) is 0 Å². The summed E-state index contributed by atoms with van der Waals surface area (Å²) in [6.45, 7) is 4.73. The monoisotopic (exact) mass is 228 g/mol. The van der Waals surface area contributed by atoms with Crippen molar-refractivity contribution in [2.75, 3.05) is 6.54 Å². The molecule has 0 saturated carbocycles. The van der Waals surface area contributed by atoms with Crippen molar-refractivity contribution in [3.05, 3.63) is 42.9 Å². The third-order valence-corrected chi connectivity index (χ3v) is 3.59. The van der Waals surface area contributed by atoms with Crippen molar-refractivity contribution >= 4 is 5.57 Å². The number of nitrogens with zero attached hydrogens (tertiary/aromatic N) is 1. The standard InChI is InChI=1S/C14H16N2O/c1-2-17-13-5-12(7-15-9-13)10-3-4-11-8-16-14(11)6-10/h2,5-7,9,11,14,16H,1,3-4,8H2/t11-,14-/m1/s1. The minimum atomic E-state index is 0.572. The number of rotatable bonds is 3. The molecule has 1 fully saturated rings. The second kappa shape index (κ2) is 4.34. The van der Waals surface area contributed by atoms with Gasteiger partial charge in [0.2, 0.25) is 0 Å². The molecule has 1 aromatic heterocycles. The Bertz CT molecular complexity index is 467. The zero-order valence-electron chi connectivity index (χ0n) is 9.73. The smallest absolute Gasteiger partial charge is 0.145 e. The van der Waals surface area contributed by atoms with Gasteiger partial charge in [-0.25, -0.2) is 0 Å². The Balaban J connectivity index is 1.85. The van der Waals surface area contributed by atoms with E-state index in [0.717, 1.165) is 23.7 Å². The summed E-state index contributed by atoms with van der Waals surface area (Å²) >= 11 is 0. The van der Waals surface area contributed by atoms with Crippen LogP contribution >= 0.6 is 0 Å². The highest BCUT2D eigenvalue weighted by Gasteiger charge is 2.31. The van der Waals surface area contributed by atoms with E-state index in [-0.39, 0.29) is 0 Å². The Labute approximate surface area is 101 Å². The fourth-order valence-electron chi connectivity index (χ4n) is 2.53. The van der Waals surface area contributed by atoms with Crippen LogP contribution in [0.15, 0.2) is 37.4 Å². The molecule has 3 heteroatoms. The first-order chi connectivity index (χ1) is 8.36. The first kappa shape index (κ1) is 10.5. The third-order valence-electron chi connectivity index (χ3n) is 3.59. The zero-order valence-corrected chi connectivity index (χ0v) is 9.73. The molecule has 1 aliphatic heterocycles. The Morgan fingerprint density at radius 3 is 3.12 bits per heavy atom. The van der Waals surface area contributed by atoms with E-state index in [1.165, 1.54) is 24.8 Å². The number of hydrogen-bond donors (Lipinski definition) is 1. The molecule has 0 amide bonds. The number of aromatic nitrogens is 1. The summed E-state index contributed by atoms with van der Waals surface area (Å²) in [5.74, 6) is 1.60. The minimum absolute atomic E-state index is 0.572. The highest BCUT2D eigenvalue weighted by Crippen LogP contribution is 2.34. The minimum Gasteiger partial charge on any atom is -0.464 e. The lowest BCUT2D eigenvalue weighted by Gasteiger charge is -2.40. The fraction of sp³-hybridized carbons (Fsp3) is 0.357. The number of allylic oxidation sites excluding steroid dienone is 1. The van der Waals surface area contributed by atoms with E-state index in [9.17, 15) is 0 Å². The lowest BCUT2D eigenvalue weighted by Crippen LogP contribution is -2.52. The van der Waals surface area contributed by atoms with Crippen molar-refractivity contribution in [1.82, 2.24) is 10.3 Å². The molecule has 1 N–H and O–H groups in total. The number of ether oxygens (including phenoxy) is 1. The summed E-state index contributed by atoms with van der Waals surface area (Å²) in [6.07, 6.45) is 9.80. The number of fused-ring (bicyclic) bond motifs is 1. The molecule has 0 radical (unpaired) electrons. The van der Waals surface area contributed by atoms with Gasteiger partial charge in [0.15, 0.2) is 0 Å². The van der Waals surface area contributed by atoms with Crippen LogP contribution in [0, 0.1) is 5.92 Å². The summed E-state index contributed by atoms with van der Waals surface area (Å²) in [4.78, 5) is 4.21. The van der Waals surface area contributed by atoms with Crippen molar-refractivity contribution in [2.24, 2.45) is 5.92 Å². The predicted octanol–water partition coefficient (Wildman–Crippen LogP) is 2.37. The van der Waals surface area contributed by atoms with Crippen LogP contribution in [0.5, 0.6) is 5.75 Å². The van der Waals surface area contributed by atoms with Gasteiger partial charge >= 0.3 is 0 Å². The van der Waals surface area contributed by atoms with Gasteiger partial charge in [0.1, 0.15) is 5.75 Å². The van der Waals surface area contributed by atoms with Crippen LogP contribution in [0.2, 0.25) is 0 Å². The molecule has 1 aromatic rings. The molecule has 2 heterocycles. The lowest BCUT2D eigenvalue weighted by atomic mass is 9.79. The van der Waals surface area contributed by atoms with E-state index in [1.807, 2.05) is 12.3 Å².